The minimum Gasteiger partial charge on any atom is -0.377 e. The molecule has 32 heavy (non-hydrogen) atoms. The van der Waals surface area contributed by atoms with Crippen molar-refractivity contribution >= 4 is 21.6 Å². The number of amides is 1. The monoisotopic (exact) mass is 450 g/mol. The topological polar surface area (TPSA) is 84.5 Å². The van der Waals surface area contributed by atoms with Gasteiger partial charge in [0.1, 0.15) is 0 Å². The molecule has 3 aromatic rings. The Balaban J connectivity index is 1.47. The summed E-state index contributed by atoms with van der Waals surface area (Å²) in [5, 5.41) is 2.92. The summed E-state index contributed by atoms with van der Waals surface area (Å²) >= 11 is 0. The number of carbonyl (C=O) groups is 1. The van der Waals surface area contributed by atoms with Crippen LogP contribution in [0.4, 0.5) is 5.69 Å². The second-order valence-corrected chi connectivity index (χ2v) is 9.52. The van der Waals surface area contributed by atoms with Gasteiger partial charge in [-0.25, -0.2) is 13.1 Å². The van der Waals surface area contributed by atoms with E-state index in [0.717, 1.165) is 24.0 Å². The standard InChI is InChI=1S/C25H26N2O4S/c28-25(24(19-8-3-1-4-9-19)20-10-5-2-6-11-20)27-21-13-15-23(16-14-21)32(29,30)26-18-22-12-7-17-31-22/h1-6,8-11,13-16,22,24,26H,7,12,17-18H2,(H,27,28). The molecule has 7 heteroatoms. The molecule has 166 valence electrons. The Hall–Kier alpha value is -3.00. The van der Waals surface area contributed by atoms with Crippen LogP contribution in [-0.4, -0.2) is 33.6 Å². The van der Waals surface area contributed by atoms with E-state index >= 15 is 0 Å². The van der Waals surface area contributed by atoms with Gasteiger partial charge in [0.25, 0.3) is 0 Å². The van der Waals surface area contributed by atoms with Gasteiger partial charge in [-0.3, -0.25) is 4.79 Å². The Morgan fingerprint density at radius 2 is 1.50 bits per heavy atom. The van der Waals surface area contributed by atoms with E-state index in [9.17, 15) is 13.2 Å². The lowest BCUT2D eigenvalue weighted by molar-refractivity contribution is -0.116. The molecular weight excluding hydrogens is 424 g/mol. The van der Waals surface area contributed by atoms with Crippen LogP contribution in [0.1, 0.15) is 29.9 Å². The third kappa shape index (κ3) is 5.43. The predicted molar refractivity (Wildman–Crippen MR) is 124 cm³/mol. The summed E-state index contributed by atoms with van der Waals surface area (Å²) in [6.45, 7) is 0.935. The van der Waals surface area contributed by atoms with Crippen LogP contribution < -0.4 is 10.0 Å². The Morgan fingerprint density at radius 1 is 0.906 bits per heavy atom. The molecule has 1 fully saturated rings. The van der Waals surface area contributed by atoms with Gasteiger partial charge in [0.15, 0.2) is 0 Å². The number of nitrogens with one attached hydrogen (secondary N) is 2. The lowest BCUT2D eigenvalue weighted by atomic mass is 9.90. The molecular formula is C25H26N2O4S. The van der Waals surface area contributed by atoms with Crippen molar-refractivity contribution in [2.24, 2.45) is 0 Å². The summed E-state index contributed by atoms with van der Waals surface area (Å²) < 4.78 is 33.2. The first kappa shape index (κ1) is 22.2. The van der Waals surface area contributed by atoms with Gasteiger partial charge >= 0.3 is 0 Å². The van der Waals surface area contributed by atoms with Gasteiger partial charge in [-0.15, -0.1) is 0 Å². The molecule has 4 rings (SSSR count). The molecule has 0 bridgehead atoms. The largest absolute Gasteiger partial charge is 0.377 e. The van der Waals surface area contributed by atoms with Crippen LogP contribution in [0.3, 0.4) is 0 Å². The van der Waals surface area contributed by atoms with E-state index in [1.807, 2.05) is 60.7 Å². The number of rotatable bonds is 8. The maximum Gasteiger partial charge on any atom is 0.240 e. The predicted octanol–water partition coefficient (Wildman–Crippen LogP) is 3.91. The quantitative estimate of drug-likeness (QED) is 0.545. The lowest BCUT2D eigenvalue weighted by Gasteiger charge is -2.18. The number of hydrogen-bond acceptors (Lipinski definition) is 4. The highest BCUT2D eigenvalue weighted by Gasteiger charge is 2.23. The average molecular weight is 451 g/mol. The van der Waals surface area contributed by atoms with Gasteiger partial charge < -0.3 is 10.1 Å². The molecule has 0 radical (unpaired) electrons. The Kier molecular flexibility index (Phi) is 6.99. The fourth-order valence-corrected chi connectivity index (χ4v) is 4.88. The van der Waals surface area contributed by atoms with E-state index in [1.165, 1.54) is 12.1 Å². The van der Waals surface area contributed by atoms with Crippen LogP contribution in [0.5, 0.6) is 0 Å². The first-order valence-electron chi connectivity index (χ1n) is 10.6. The molecule has 0 saturated carbocycles. The van der Waals surface area contributed by atoms with Crippen molar-refractivity contribution < 1.29 is 17.9 Å². The van der Waals surface area contributed by atoms with Gasteiger partial charge in [-0.1, -0.05) is 60.7 Å². The molecule has 1 unspecified atom stereocenters. The second kappa shape index (κ2) is 10.1. The Labute approximate surface area is 188 Å². The molecule has 1 heterocycles. The van der Waals surface area contributed by atoms with Crippen LogP contribution >= 0.6 is 0 Å². The van der Waals surface area contributed by atoms with Crippen LogP contribution in [0.25, 0.3) is 0 Å². The van der Waals surface area contributed by atoms with Gasteiger partial charge in [0, 0.05) is 18.8 Å². The number of sulfonamides is 1. The van der Waals surface area contributed by atoms with Gasteiger partial charge in [-0.2, -0.15) is 0 Å². The van der Waals surface area contributed by atoms with Crippen molar-refractivity contribution in [3.05, 3.63) is 96.1 Å². The highest BCUT2D eigenvalue weighted by molar-refractivity contribution is 7.89. The Morgan fingerprint density at radius 3 is 2.03 bits per heavy atom. The zero-order valence-corrected chi connectivity index (χ0v) is 18.4. The molecule has 1 atom stereocenters. The fourth-order valence-electron chi connectivity index (χ4n) is 3.81. The van der Waals surface area contributed by atoms with Crippen molar-refractivity contribution in [2.75, 3.05) is 18.5 Å². The SMILES string of the molecule is O=C(Nc1ccc(S(=O)(=O)NCC2CCCO2)cc1)C(c1ccccc1)c1ccccc1. The summed E-state index contributed by atoms with van der Waals surface area (Å²) in [5.41, 5.74) is 2.30. The van der Waals surface area contributed by atoms with Crippen LogP contribution in [0.2, 0.25) is 0 Å². The molecule has 1 aliphatic heterocycles. The molecule has 0 aliphatic carbocycles. The number of benzene rings is 3. The third-order valence-electron chi connectivity index (χ3n) is 5.49. The number of carbonyl (C=O) groups excluding carboxylic acids is 1. The zero-order chi connectivity index (χ0) is 22.4. The van der Waals surface area contributed by atoms with Crippen molar-refractivity contribution in [3.8, 4) is 0 Å². The molecule has 6 nitrogen and oxygen atoms in total. The Bertz CT molecular complexity index is 1090. The van der Waals surface area contributed by atoms with E-state index in [2.05, 4.69) is 10.0 Å². The first-order chi connectivity index (χ1) is 15.5. The molecule has 2 N–H and O–H groups in total. The van der Waals surface area contributed by atoms with Gasteiger partial charge in [0.2, 0.25) is 15.9 Å². The zero-order valence-electron chi connectivity index (χ0n) is 17.6. The summed E-state index contributed by atoms with van der Waals surface area (Å²) in [7, 11) is -3.64. The highest BCUT2D eigenvalue weighted by atomic mass is 32.2. The van der Waals surface area contributed by atoms with Crippen molar-refractivity contribution in [1.82, 2.24) is 4.72 Å². The molecule has 1 amide bonds. The maximum absolute atomic E-state index is 13.2. The van der Waals surface area contributed by atoms with E-state index in [1.54, 1.807) is 12.1 Å². The summed E-state index contributed by atoms with van der Waals surface area (Å²) in [6, 6.07) is 25.3. The van der Waals surface area contributed by atoms with Crippen molar-refractivity contribution in [1.29, 1.82) is 0 Å². The smallest absolute Gasteiger partial charge is 0.240 e. The average Bonchev–Trinajstić information content (AvgIpc) is 3.34. The van der Waals surface area contributed by atoms with E-state index in [4.69, 9.17) is 4.74 Å². The minimum atomic E-state index is -3.64. The fraction of sp³-hybridized carbons (Fsp3) is 0.240. The van der Waals surface area contributed by atoms with Crippen LogP contribution in [0, 0.1) is 0 Å². The lowest BCUT2D eigenvalue weighted by Crippen LogP contribution is -2.31. The molecule has 0 spiro atoms. The van der Waals surface area contributed by atoms with Crippen molar-refractivity contribution in [3.63, 3.8) is 0 Å². The van der Waals surface area contributed by atoms with Crippen LogP contribution in [-0.2, 0) is 19.6 Å². The normalized spacial score (nSPS) is 16.2. The summed E-state index contributed by atoms with van der Waals surface area (Å²) in [6.07, 6.45) is 1.74. The van der Waals surface area contributed by atoms with Crippen LogP contribution in [0.15, 0.2) is 89.8 Å². The maximum atomic E-state index is 13.2. The number of ether oxygens (including phenoxy) is 1. The number of anilines is 1. The first-order valence-corrected chi connectivity index (χ1v) is 12.1. The molecule has 0 aromatic heterocycles. The van der Waals surface area contributed by atoms with E-state index in [0.29, 0.717) is 12.3 Å². The molecule has 1 saturated heterocycles. The summed E-state index contributed by atoms with van der Waals surface area (Å²) in [5.74, 6) is -0.664. The third-order valence-corrected chi connectivity index (χ3v) is 6.92. The van der Waals surface area contributed by atoms with Crippen molar-refractivity contribution in [2.45, 2.75) is 29.8 Å². The van der Waals surface area contributed by atoms with E-state index in [-0.39, 0.29) is 23.5 Å². The number of hydrogen-bond donors (Lipinski definition) is 2. The summed E-state index contributed by atoms with van der Waals surface area (Å²) in [4.78, 5) is 13.3. The minimum absolute atomic E-state index is 0.0729. The van der Waals surface area contributed by atoms with E-state index < -0.39 is 15.9 Å². The molecule has 1 aliphatic rings. The second-order valence-electron chi connectivity index (χ2n) is 7.75. The van der Waals surface area contributed by atoms with Gasteiger partial charge in [-0.05, 0) is 48.2 Å². The van der Waals surface area contributed by atoms with Gasteiger partial charge in [0.05, 0.1) is 16.9 Å². The molecule has 3 aromatic carbocycles. The highest BCUT2D eigenvalue weighted by Crippen LogP contribution is 2.26.